The summed E-state index contributed by atoms with van der Waals surface area (Å²) >= 11 is 8.40. The van der Waals surface area contributed by atoms with E-state index in [4.69, 9.17) is 22.7 Å². The van der Waals surface area contributed by atoms with Gasteiger partial charge >= 0.3 is 0 Å². The smallest absolute Gasteiger partial charge is 0.137 e. The van der Waals surface area contributed by atoms with E-state index in [0.717, 1.165) is 21.3 Å². The molecule has 0 aliphatic rings. The standard InChI is InChI=1S/C14H12BrNOS/c1-9-2-7-12(14(16)18)13(8-9)17-11-5-3-10(15)4-6-11/h2-8H,1H3,(H2,16,18). The Morgan fingerprint density at radius 2 is 1.83 bits per heavy atom. The molecule has 2 N–H and O–H groups in total. The predicted octanol–water partition coefficient (Wildman–Crippen LogP) is 4.18. The van der Waals surface area contributed by atoms with Gasteiger partial charge in [-0.2, -0.15) is 0 Å². The number of nitrogens with two attached hydrogens (primary N) is 1. The number of hydrogen-bond acceptors (Lipinski definition) is 2. The van der Waals surface area contributed by atoms with Crippen LogP contribution in [0.25, 0.3) is 0 Å². The molecule has 92 valence electrons. The van der Waals surface area contributed by atoms with Gasteiger partial charge in [-0.25, -0.2) is 0 Å². The first kappa shape index (κ1) is 13.1. The van der Waals surface area contributed by atoms with E-state index in [-0.39, 0.29) is 0 Å². The van der Waals surface area contributed by atoms with Gasteiger partial charge in [0.05, 0.1) is 5.56 Å². The zero-order valence-corrected chi connectivity index (χ0v) is 12.2. The van der Waals surface area contributed by atoms with Gasteiger partial charge < -0.3 is 10.5 Å². The molecule has 4 heteroatoms. The zero-order valence-electron chi connectivity index (χ0n) is 9.81. The van der Waals surface area contributed by atoms with Gasteiger partial charge in [-0.15, -0.1) is 0 Å². The first-order valence-corrected chi connectivity index (χ1v) is 6.60. The van der Waals surface area contributed by atoms with E-state index in [1.54, 1.807) is 0 Å². The Labute approximate surface area is 120 Å². The van der Waals surface area contributed by atoms with E-state index < -0.39 is 0 Å². The van der Waals surface area contributed by atoms with Crippen LogP contribution in [0.15, 0.2) is 46.9 Å². The molecule has 18 heavy (non-hydrogen) atoms. The van der Waals surface area contributed by atoms with Gasteiger partial charge in [0.2, 0.25) is 0 Å². The second-order valence-corrected chi connectivity index (χ2v) is 5.28. The highest BCUT2D eigenvalue weighted by atomic mass is 79.9. The fraction of sp³-hybridized carbons (Fsp3) is 0.0714. The highest BCUT2D eigenvalue weighted by molar-refractivity contribution is 9.10. The van der Waals surface area contributed by atoms with Crippen LogP contribution in [0.4, 0.5) is 0 Å². The molecule has 2 aromatic carbocycles. The molecule has 0 unspecified atom stereocenters. The van der Waals surface area contributed by atoms with E-state index in [2.05, 4.69) is 15.9 Å². The number of rotatable bonds is 3. The van der Waals surface area contributed by atoms with Gasteiger partial charge in [0.1, 0.15) is 16.5 Å². The Morgan fingerprint density at radius 1 is 1.17 bits per heavy atom. The van der Waals surface area contributed by atoms with Crippen molar-refractivity contribution in [1.29, 1.82) is 0 Å². The maximum atomic E-state index is 5.82. The molecule has 2 nitrogen and oxygen atoms in total. The topological polar surface area (TPSA) is 35.2 Å². The minimum absolute atomic E-state index is 0.335. The molecule has 0 saturated heterocycles. The third-order valence-electron chi connectivity index (χ3n) is 2.44. The van der Waals surface area contributed by atoms with Gasteiger partial charge in [-0.05, 0) is 48.9 Å². The molecule has 0 aliphatic heterocycles. The molecule has 0 fully saturated rings. The van der Waals surface area contributed by atoms with Crippen molar-refractivity contribution in [3.05, 3.63) is 58.1 Å². The molecule has 0 heterocycles. The van der Waals surface area contributed by atoms with Crippen molar-refractivity contribution in [2.75, 3.05) is 0 Å². The van der Waals surface area contributed by atoms with Crippen LogP contribution in [0.3, 0.4) is 0 Å². The first-order chi connectivity index (χ1) is 8.56. The van der Waals surface area contributed by atoms with Crippen molar-refractivity contribution >= 4 is 33.1 Å². The second-order valence-electron chi connectivity index (χ2n) is 3.92. The Kier molecular flexibility index (Phi) is 3.99. The van der Waals surface area contributed by atoms with E-state index in [0.29, 0.717) is 10.7 Å². The van der Waals surface area contributed by atoms with E-state index in [1.807, 2.05) is 49.4 Å². The van der Waals surface area contributed by atoms with Crippen molar-refractivity contribution in [3.63, 3.8) is 0 Å². The second kappa shape index (κ2) is 5.50. The lowest BCUT2D eigenvalue weighted by Crippen LogP contribution is -2.10. The summed E-state index contributed by atoms with van der Waals surface area (Å²) in [5.74, 6) is 1.44. The van der Waals surface area contributed by atoms with Gasteiger partial charge in [-0.1, -0.05) is 34.2 Å². The van der Waals surface area contributed by atoms with Crippen LogP contribution < -0.4 is 10.5 Å². The molecule has 0 radical (unpaired) electrons. The van der Waals surface area contributed by atoms with Crippen LogP contribution in [0.1, 0.15) is 11.1 Å². The summed E-state index contributed by atoms with van der Waals surface area (Å²) in [5.41, 5.74) is 7.53. The van der Waals surface area contributed by atoms with Crippen LogP contribution >= 0.6 is 28.1 Å². The van der Waals surface area contributed by atoms with Gasteiger partial charge in [0, 0.05) is 4.47 Å². The predicted molar refractivity (Wildman–Crippen MR) is 81.3 cm³/mol. The molecule has 0 aliphatic carbocycles. The molecular weight excluding hydrogens is 310 g/mol. The maximum absolute atomic E-state index is 5.82. The summed E-state index contributed by atoms with van der Waals surface area (Å²) in [6.45, 7) is 2.00. The number of benzene rings is 2. The molecule has 0 aromatic heterocycles. The summed E-state index contributed by atoms with van der Waals surface area (Å²) in [5, 5.41) is 0. The SMILES string of the molecule is Cc1ccc(C(N)=S)c(Oc2ccc(Br)cc2)c1. The fourth-order valence-corrected chi connectivity index (χ4v) is 1.98. The number of halogens is 1. The molecule has 0 saturated carbocycles. The van der Waals surface area contributed by atoms with E-state index >= 15 is 0 Å². The van der Waals surface area contributed by atoms with Gasteiger partial charge in [0.25, 0.3) is 0 Å². The quantitative estimate of drug-likeness (QED) is 0.861. The highest BCUT2D eigenvalue weighted by Gasteiger charge is 2.07. The Hall–Kier alpha value is -1.39. The zero-order chi connectivity index (χ0) is 13.1. The molecule has 0 atom stereocenters. The lowest BCUT2D eigenvalue weighted by atomic mass is 10.1. The van der Waals surface area contributed by atoms with Crippen molar-refractivity contribution < 1.29 is 4.74 Å². The van der Waals surface area contributed by atoms with E-state index in [9.17, 15) is 0 Å². The lowest BCUT2D eigenvalue weighted by Gasteiger charge is -2.11. The van der Waals surface area contributed by atoms with Gasteiger partial charge in [0.15, 0.2) is 0 Å². The third-order valence-corrected chi connectivity index (χ3v) is 3.19. The Balaban J connectivity index is 2.35. The highest BCUT2D eigenvalue weighted by Crippen LogP contribution is 2.27. The summed E-state index contributed by atoms with van der Waals surface area (Å²) in [6.07, 6.45) is 0. The van der Waals surface area contributed by atoms with Crippen LogP contribution in [-0.2, 0) is 0 Å². The van der Waals surface area contributed by atoms with Crippen LogP contribution in [-0.4, -0.2) is 4.99 Å². The number of aryl methyl sites for hydroxylation is 1. The summed E-state index contributed by atoms with van der Waals surface area (Å²) in [7, 11) is 0. The van der Waals surface area contributed by atoms with Crippen molar-refractivity contribution in [2.24, 2.45) is 5.73 Å². The molecule has 0 bridgehead atoms. The molecular formula is C14H12BrNOS. The summed E-state index contributed by atoms with van der Waals surface area (Å²) in [4.78, 5) is 0.335. The fourth-order valence-electron chi connectivity index (χ4n) is 1.55. The largest absolute Gasteiger partial charge is 0.457 e. The number of thiocarbonyl (C=S) groups is 1. The lowest BCUT2D eigenvalue weighted by molar-refractivity contribution is 0.481. The Bertz CT molecular complexity index is 581. The maximum Gasteiger partial charge on any atom is 0.137 e. The number of ether oxygens (including phenoxy) is 1. The van der Waals surface area contributed by atoms with E-state index in [1.165, 1.54) is 0 Å². The van der Waals surface area contributed by atoms with Crippen LogP contribution in [0.5, 0.6) is 11.5 Å². The normalized spacial score (nSPS) is 10.1. The minimum atomic E-state index is 0.335. The third kappa shape index (κ3) is 3.09. The molecule has 2 rings (SSSR count). The van der Waals surface area contributed by atoms with Crippen molar-refractivity contribution in [2.45, 2.75) is 6.92 Å². The minimum Gasteiger partial charge on any atom is -0.457 e. The summed E-state index contributed by atoms with van der Waals surface area (Å²) < 4.78 is 6.83. The van der Waals surface area contributed by atoms with Crippen molar-refractivity contribution in [3.8, 4) is 11.5 Å². The molecule has 0 amide bonds. The van der Waals surface area contributed by atoms with Crippen LogP contribution in [0, 0.1) is 6.92 Å². The monoisotopic (exact) mass is 321 g/mol. The molecule has 2 aromatic rings. The molecule has 0 spiro atoms. The summed E-state index contributed by atoms with van der Waals surface area (Å²) in [6, 6.07) is 13.4. The van der Waals surface area contributed by atoms with Gasteiger partial charge in [-0.3, -0.25) is 0 Å². The Morgan fingerprint density at radius 3 is 2.44 bits per heavy atom. The first-order valence-electron chi connectivity index (χ1n) is 5.40. The van der Waals surface area contributed by atoms with Crippen LogP contribution in [0.2, 0.25) is 0 Å². The van der Waals surface area contributed by atoms with Crippen molar-refractivity contribution in [1.82, 2.24) is 0 Å². The average Bonchev–Trinajstić information content (AvgIpc) is 2.32. The average molecular weight is 322 g/mol. The number of hydrogen-bond donors (Lipinski definition) is 1.